The van der Waals surface area contributed by atoms with Gasteiger partial charge >= 0.3 is 0 Å². The second-order valence-electron chi connectivity index (χ2n) is 4.91. The Morgan fingerprint density at radius 1 is 1.19 bits per heavy atom. The largest absolute Gasteiger partial charge is 0.312 e. The number of nitrogens with one attached hydrogen (secondary N) is 2. The molecule has 0 aromatic rings. The molecule has 4 heteroatoms. The van der Waals surface area contributed by atoms with Crippen LogP contribution in [0.3, 0.4) is 0 Å². The molecule has 0 aromatic carbocycles. The van der Waals surface area contributed by atoms with Gasteiger partial charge < -0.3 is 5.32 Å². The number of carbonyl (C=O) groups is 1. The number of hydrogen-bond donors (Lipinski definition) is 2. The molecule has 1 aliphatic carbocycles. The van der Waals surface area contributed by atoms with Crippen LogP contribution in [0.2, 0.25) is 0 Å². The minimum absolute atomic E-state index is 0.0812. The molecule has 1 amide bonds. The topological polar surface area (TPSA) is 50.4 Å². The van der Waals surface area contributed by atoms with Crippen LogP contribution in [-0.2, 0) is 9.63 Å². The monoisotopic (exact) mass is 226 g/mol. The third-order valence-corrected chi connectivity index (χ3v) is 3.60. The van der Waals surface area contributed by atoms with Crippen molar-refractivity contribution in [2.75, 3.05) is 13.2 Å². The number of hydrogen-bond acceptors (Lipinski definition) is 3. The van der Waals surface area contributed by atoms with Gasteiger partial charge in [-0.3, -0.25) is 9.63 Å². The zero-order valence-electron chi connectivity index (χ0n) is 9.84. The van der Waals surface area contributed by atoms with E-state index in [2.05, 4.69) is 10.8 Å². The summed E-state index contributed by atoms with van der Waals surface area (Å²) in [5, 5.41) is 3.33. The zero-order valence-corrected chi connectivity index (χ0v) is 9.84. The summed E-state index contributed by atoms with van der Waals surface area (Å²) in [6.07, 6.45) is 8.05. The summed E-state index contributed by atoms with van der Waals surface area (Å²) >= 11 is 0. The molecule has 2 fully saturated rings. The number of hydroxylamine groups is 1. The lowest BCUT2D eigenvalue weighted by atomic mass is 9.89. The van der Waals surface area contributed by atoms with E-state index < -0.39 is 0 Å². The van der Waals surface area contributed by atoms with Gasteiger partial charge in [0.05, 0.1) is 6.61 Å². The van der Waals surface area contributed by atoms with Gasteiger partial charge in [0.1, 0.15) is 0 Å². The lowest BCUT2D eigenvalue weighted by molar-refractivity contribution is -0.139. The summed E-state index contributed by atoms with van der Waals surface area (Å²) in [5.41, 5.74) is 2.60. The van der Waals surface area contributed by atoms with Crippen molar-refractivity contribution in [1.29, 1.82) is 0 Å². The van der Waals surface area contributed by atoms with Crippen LogP contribution in [0.25, 0.3) is 0 Å². The maximum atomic E-state index is 11.7. The number of carbonyl (C=O) groups excluding carboxylic acids is 1. The summed E-state index contributed by atoms with van der Waals surface area (Å²) in [7, 11) is 0. The maximum absolute atomic E-state index is 11.7. The van der Waals surface area contributed by atoms with Gasteiger partial charge in [-0.25, -0.2) is 5.48 Å². The first-order chi connectivity index (χ1) is 7.86. The van der Waals surface area contributed by atoms with E-state index in [4.69, 9.17) is 4.84 Å². The van der Waals surface area contributed by atoms with E-state index in [0.717, 1.165) is 25.8 Å². The highest BCUT2D eigenvalue weighted by molar-refractivity contribution is 5.77. The van der Waals surface area contributed by atoms with Gasteiger partial charge in [-0.05, 0) is 32.2 Å². The second kappa shape index (κ2) is 6.21. The lowest BCUT2D eigenvalue weighted by Gasteiger charge is -2.20. The average molecular weight is 226 g/mol. The van der Waals surface area contributed by atoms with Crippen LogP contribution in [0.15, 0.2) is 0 Å². The normalized spacial score (nSPS) is 26.9. The Bertz CT molecular complexity index is 221. The summed E-state index contributed by atoms with van der Waals surface area (Å²) < 4.78 is 0. The van der Waals surface area contributed by atoms with Crippen LogP contribution in [0.1, 0.15) is 44.9 Å². The van der Waals surface area contributed by atoms with Gasteiger partial charge in [-0.2, -0.15) is 0 Å². The van der Waals surface area contributed by atoms with E-state index in [0.29, 0.717) is 12.6 Å². The van der Waals surface area contributed by atoms with Gasteiger partial charge in [0.2, 0.25) is 5.91 Å². The Labute approximate surface area is 97.1 Å². The first-order valence-electron chi connectivity index (χ1n) is 6.51. The predicted molar refractivity (Wildman–Crippen MR) is 61.7 cm³/mol. The Hall–Kier alpha value is -0.610. The van der Waals surface area contributed by atoms with E-state index in [1.54, 1.807) is 0 Å². The molecule has 0 radical (unpaired) electrons. The molecule has 4 nitrogen and oxygen atoms in total. The molecule has 2 N–H and O–H groups in total. The molecule has 0 spiro atoms. The summed E-state index contributed by atoms with van der Waals surface area (Å²) in [6.45, 7) is 1.67. The van der Waals surface area contributed by atoms with Crippen LogP contribution in [0.4, 0.5) is 0 Å². The molecule has 92 valence electrons. The first kappa shape index (κ1) is 11.9. The fourth-order valence-electron chi connectivity index (χ4n) is 2.56. The van der Waals surface area contributed by atoms with Crippen LogP contribution in [0, 0.1) is 5.92 Å². The second-order valence-corrected chi connectivity index (χ2v) is 4.91. The molecule has 0 bridgehead atoms. The van der Waals surface area contributed by atoms with E-state index in [1.807, 2.05) is 0 Å². The summed E-state index contributed by atoms with van der Waals surface area (Å²) in [5.74, 6) is 0.267. The van der Waals surface area contributed by atoms with E-state index in [1.165, 1.54) is 25.7 Å². The maximum Gasteiger partial charge on any atom is 0.246 e. The van der Waals surface area contributed by atoms with Crippen molar-refractivity contribution in [1.82, 2.24) is 10.8 Å². The summed E-state index contributed by atoms with van der Waals surface area (Å²) in [4.78, 5) is 17.0. The third kappa shape index (κ3) is 3.46. The number of rotatable bonds is 4. The van der Waals surface area contributed by atoms with E-state index in [-0.39, 0.29) is 11.8 Å². The van der Waals surface area contributed by atoms with Crippen LogP contribution in [0.5, 0.6) is 0 Å². The SMILES string of the molecule is O=C(NOCC1CCCN1)C1CCCCC1. The van der Waals surface area contributed by atoms with Crippen molar-refractivity contribution in [2.45, 2.75) is 51.0 Å². The fraction of sp³-hybridized carbons (Fsp3) is 0.917. The zero-order chi connectivity index (χ0) is 11.2. The number of amides is 1. The van der Waals surface area contributed by atoms with Gasteiger partial charge in [-0.1, -0.05) is 19.3 Å². The molecule has 1 saturated heterocycles. The molecule has 0 aromatic heterocycles. The molecule has 1 heterocycles. The Balaban J connectivity index is 1.59. The molecule has 1 aliphatic heterocycles. The van der Waals surface area contributed by atoms with Crippen molar-refractivity contribution < 1.29 is 9.63 Å². The smallest absolute Gasteiger partial charge is 0.246 e. The molecule has 1 atom stereocenters. The van der Waals surface area contributed by atoms with Gasteiger partial charge in [0, 0.05) is 12.0 Å². The van der Waals surface area contributed by atoms with Crippen LogP contribution >= 0.6 is 0 Å². The molecular weight excluding hydrogens is 204 g/mol. The molecule has 16 heavy (non-hydrogen) atoms. The Morgan fingerprint density at radius 2 is 2.00 bits per heavy atom. The van der Waals surface area contributed by atoms with Crippen LogP contribution < -0.4 is 10.8 Å². The van der Waals surface area contributed by atoms with Crippen molar-refractivity contribution in [3.63, 3.8) is 0 Å². The van der Waals surface area contributed by atoms with Gasteiger partial charge in [0.25, 0.3) is 0 Å². The highest BCUT2D eigenvalue weighted by atomic mass is 16.7. The standard InChI is InChI=1S/C12H22N2O2/c15-12(10-5-2-1-3-6-10)14-16-9-11-7-4-8-13-11/h10-11,13H,1-9H2,(H,14,15). The molecular formula is C12H22N2O2. The molecule has 2 aliphatic rings. The van der Waals surface area contributed by atoms with E-state index >= 15 is 0 Å². The molecule has 1 saturated carbocycles. The van der Waals surface area contributed by atoms with Crippen molar-refractivity contribution >= 4 is 5.91 Å². The van der Waals surface area contributed by atoms with Gasteiger partial charge in [-0.15, -0.1) is 0 Å². The molecule has 2 rings (SSSR count). The van der Waals surface area contributed by atoms with Crippen LogP contribution in [-0.4, -0.2) is 25.1 Å². The summed E-state index contributed by atoms with van der Waals surface area (Å²) in [6, 6.07) is 0.423. The minimum Gasteiger partial charge on any atom is -0.312 e. The Morgan fingerprint density at radius 3 is 2.69 bits per heavy atom. The van der Waals surface area contributed by atoms with Gasteiger partial charge in [0.15, 0.2) is 0 Å². The van der Waals surface area contributed by atoms with Crippen molar-refractivity contribution in [3.05, 3.63) is 0 Å². The fourth-order valence-corrected chi connectivity index (χ4v) is 2.56. The molecule has 1 unspecified atom stereocenters. The third-order valence-electron chi connectivity index (χ3n) is 3.60. The highest BCUT2D eigenvalue weighted by Crippen LogP contribution is 2.23. The van der Waals surface area contributed by atoms with Crippen molar-refractivity contribution in [2.24, 2.45) is 5.92 Å². The highest BCUT2D eigenvalue weighted by Gasteiger charge is 2.21. The lowest BCUT2D eigenvalue weighted by Crippen LogP contribution is -2.36. The van der Waals surface area contributed by atoms with Crippen molar-refractivity contribution in [3.8, 4) is 0 Å². The Kier molecular flexibility index (Phi) is 4.60. The quantitative estimate of drug-likeness (QED) is 0.712. The minimum atomic E-state index is 0.0812. The predicted octanol–water partition coefficient (Wildman–Crippen LogP) is 1.37. The van der Waals surface area contributed by atoms with E-state index in [9.17, 15) is 4.79 Å². The average Bonchev–Trinajstić information content (AvgIpc) is 2.83. The first-order valence-corrected chi connectivity index (χ1v) is 6.51.